The van der Waals surface area contributed by atoms with Gasteiger partial charge in [0.15, 0.2) is 5.82 Å². The Bertz CT molecular complexity index is 737. The maximum Gasteiger partial charge on any atom is 0.417 e. The van der Waals surface area contributed by atoms with E-state index in [1.807, 2.05) is 0 Å². The van der Waals surface area contributed by atoms with Crippen molar-refractivity contribution < 1.29 is 17.6 Å². The van der Waals surface area contributed by atoms with Crippen molar-refractivity contribution in [1.82, 2.24) is 4.98 Å². The minimum Gasteiger partial charge on any atom is -0.396 e. The lowest BCUT2D eigenvalue weighted by atomic mass is 10.3. The minimum absolute atomic E-state index is 0.00244. The molecule has 0 atom stereocenters. The van der Waals surface area contributed by atoms with Crippen LogP contribution in [0.1, 0.15) is 5.56 Å². The van der Waals surface area contributed by atoms with Gasteiger partial charge in [0.2, 0.25) is 0 Å². The number of halogens is 7. The number of rotatable bonds is 2. The molecule has 0 saturated heterocycles. The van der Waals surface area contributed by atoms with E-state index in [2.05, 4.69) is 4.98 Å². The second-order valence-corrected chi connectivity index (χ2v) is 6.21. The van der Waals surface area contributed by atoms with E-state index in [0.717, 1.165) is 17.8 Å². The minimum atomic E-state index is -4.57. The number of alkyl halides is 3. The van der Waals surface area contributed by atoms with Gasteiger partial charge in [0.05, 0.1) is 31.2 Å². The van der Waals surface area contributed by atoms with Crippen molar-refractivity contribution in [3.05, 3.63) is 44.8 Å². The predicted molar refractivity (Wildman–Crippen MR) is 79.2 cm³/mol. The van der Waals surface area contributed by atoms with Crippen LogP contribution in [0.2, 0.25) is 15.1 Å². The van der Waals surface area contributed by atoms with Gasteiger partial charge in [-0.1, -0.05) is 46.6 Å². The van der Waals surface area contributed by atoms with Gasteiger partial charge >= 0.3 is 6.18 Å². The van der Waals surface area contributed by atoms with Gasteiger partial charge in [-0.05, 0) is 12.1 Å². The summed E-state index contributed by atoms with van der Waals surface area (Å²) in [5, 5.41) is -0.578. The summed E-state index contributed by atoms with van der Waals surface area (Å²) in [4.78, 5) is 3.67. The van der Waals surface area contributed by atoms with Crippen molar-refractivity contribution >= 4 is 52.3 Å². The van der Waals surface area contributed by atoms with E-state index >= 15 is 0 Å². The summed E-state index contributed by atoms with van der Waals surface area (Å²) in [6, 6.07) is 1.86. The molecule has 0 aliphatic rings. The van der Waals surface area contributed by atoms with Crippen LogP contribution in [0.4, 0.5) is 23.2 Å². The van der Waals surface area contributed by atoms with E-state index in [4.69, 9.17) is 40.5 Å². The molecule has 1 heterocycles. The number of nitrogen functional groups attached to an aromatic ring is 1. The smallest absolute Gasteiger partial charge is 0.396 e. The lowest BCUT2D eigenvalue weighted by Gasteiger charge is -2.11. The normalized spacial score (nSPS) is 11.8. The van der Waals surface area contributed by atoms with Crippen LogP contribution in [0.5, 0.6) is 0 Å². The van der Waals surface area contributed by atoms with Crippen LogP contribution in [-0.4, -0.2) is 4.98 Å². The standard InChI is InChI=1S/C12H5Cl3F4N2S/c13-5-2-7(20)9(16)8(15)10(5)22-11-6(14)1-4(3-21-11)12(17,18)19/h1-3H,20H2. The molecule has 0 radical (unpaired) electrons. The first kappa shape index (κ1) is 17.5. The number of nitrogens with two attached hydrogens (primary N) is 1. The summed E-state index contributed by atoms with van der Waals surface area (Å²) in [7, 11) is 0. The molecule has 1 aromatic carbocycles. The highest BCUT2D eigenvalue weighted by Crippen LogP contribution is 2.43. The molecule has 0 fully saturated rings. The molecule has 0 saturated carbocycles. The summed E-state index contributed by atoms with van der Waals surface area (Å²) in [5.41, 5.74) is 4.12. The molecule has 2 N–H and O–H groups in total. The van der Waals surface area contributed by atoms with Crippen LogP contribution in [0.3, 0.4) is 0 Å². The van der Waals surface area contributed by atoms with Crippen molar-refractivity contribution in [2.24, 2.45) is 0 Å². The zero-order valence-electron chi connectivity index (χ0n) is 10.3. The fourth-order valence-corrected chi connectivity index (χ4v) is 3.22. The van der Waals surface area contributed by atoms with Crippen LogP contribution in [0, 0.1) is 5.82 Å². The SMILES string of the molecule is Nc1cc(Cl)c(Sc2ncc(C(F)(F)F)cc2Cl)c(Cl)c1F. The van der Waals surface area contributed by atoms with Crippen LogP contribution in [0.15, 0.2) is 28.3 Å². The molecule has 0 unspecified atom stereocenters. The Labute approximate surface area is 141 Å². The largest absolute Gasteiger partial charge is 0.417 e. The van der Waals surface area contributed by atoms with Gasteiger partial charge in [0.1, 0.15) is 5.03 Å². The predicted octanol–water partition coefficient (Wildman–Crippen LogP) is 5.93. The van der Waals surface area contributed by atoms with Crippen molar-refractivity contribution in [3.8, 4) is 0 Å². The summed E-state index contributed by atoms with van der Waals surface area (Å²) >= 11 is 18.2. The number of benzene rings is 1. The molecule has 2 aromatic rings. The third-order valence-corrected chi connectivity index (χ3v) is 4.90. The average Bonchev–Trinajstić information content (AvgIpc) is 2.41. The lowest BCUT2D eigenvalue weighted by molar-refractivity contribution is -0.137. The van der Waals surface area contributed by atoms with Crippen molar-refractivity contribution in [2.75, 3.05) is 5.73 Å². The molecule has 1 aromatic heterocycles. The van der Waals surface area contributed by atoms with Crippen molar-refractivity contribution in [1.29, 1.82) is 0 Å². The number of pyridine rings is 1. The zero-order valence-corrected chi connectivity index (χ0v) is 13.4. The first-order chi connectivity index (χ1) is 10.1. The molecule has 0 spiro atoms. The fraction of sp³-hybridized carbons (Fsp3) is 0.0833. The fourth-order valence-electron chi connectivity index (χ4n) is 1.44. The van der Waals surface area contributed by atoms with E-state index in [1.165, 1.54) is 0 Å². The highest BCUT2D eigenvalue weighted by atomic mass is 35.5. The number of nitrogens with zero attached hydrogens (tertiary/aromatic N) is 1. The van der Waals surface area contributed by atoms with Gasteiger partial charge in [-0.2, -0.15) is 13.2 Å². The molecule has 10 heteroatoms. The summed E-state index contributed by atoms with van der Waals surface area (Å²) in [5.74, 6) is -0.878. The molecule has 118 valence electrons. The molecule has 0 bridgehead atoms. The van der Waals surface area contributed by atoms with Crippen LogP contribution in [0.25, 0.3) is 0 Å². The molecule has 22 heavy (non-hydrogen) atoms. The molecule has 2 rings (SSSR count). The summed E-state index contributed by atoms with van der Waals surface area (Å²) in [6.45, 7) is 0. The maximum absolute atomic E-state index is 13.7. The zero-order chi connectivity index (χ0) is 16.7. The Hall–Kier alpha value is -0.890. The van der Waals surface area contributed by atoms with E-state index in [1.54, 1.807) is 0 Å². The quantitative estimate of drug-likeness (QED) is 0.391. The van der Waals surface area contributed by atoms with Gasteiger partial charge < -0.3 is 5.73 Å². The third kappa shape index (κ3) is 3.53. The first-order valence-electron chi connectivity index (χ1n) is 5.44. The molecular weight excluding hydrogens is 387 g/mol. The Morgan fingerprint density at radius 2 is 1.73 bits per heavy atom. The molecular formula is C12H5Cl3F4N2S. The van der Waals surface area contributed by atoms with Gasteiger partial charge in [-0.3, -0.25) is 0 Å². The van der Waals surface area contributed by atoms with Crippen molar-refractivity contribution in [2.45, 2.75) is 16.1 Å². The number of hydrogen-bond acceptors (Lipinski definition) is 3. The topological polar surface area (TPSA) is 38.9 Å². The van der Waals surface area contributed by atoms with Gasteiger partial charge in [-0.15, -0.1) is 0 Å². The van der Waals surface area contributed by atoms with Crippen LogP contribution >= 0.6 is 46.6 Å². The second-order valence-electron chi connectivity index (χ2n) is 4.02. The van der Waals surface area contributed by atoms with Gasteiger partial charge in [0.25, 0.3) is 0 Å². The summed E-state index contributed by atoms with van der Waals surface area (Å²) in [6.07, 6.45) is -3.95. The van der Waals surface area contributed by atoms with Gasteiger partial charge in [0, 0.05) is 6.20 Å². The summed E-state index contributed by atoms with van der Waals surface area (Å²) < 4.78 is 51.3. The molecule has 0 amide bonds. The van der Waals surface area contributed by atoms with E-state index in [-0.39, 0.29) is 30.7 Å². The average molecular weight is 392 g/mol. The molecule has 2 nitrogen and oxygen atoms in total. The van der Waals surface area contributed by atoms with Crippen LogP contribution in [-0.2, 0) is 6.18 Å². The van der Waals surface area contributed by atoms with E-state index < -0.39 is 17.6 Å². The number of hydrogen-bond donors (Lipinski definition) is 1. The number of anilines is 1. The Kier molecular flexibility index (Phi) is 5.01. The highest BCUT2D eigenvalue weighted by Gasteiger charge is 2.31. The Morgan fingerprint density at radius 3 is 2.27 bits per heavy atom. The van der Waals surface area contributed by atoms with Crippen LogP contribution < -0.4 is 5.73 Å². The van der Waals surface area contributed by atoms with Crippen molar-refractivity contribution in [3.63, 3.8) is 0 Å². The maximum atomic E-state index is 13.7. The third-order valence-electron chi connectivity index (χ3n) is 2.48. The monoisotopic (exact) mass is 390 g/mol. The lowest BCUT2D eigenvalue weighted by Crippen LogP contribution is -2.05. The highest BCUT2D eigenvalue weighted by molar-refractivity contribution is 7.99. The van der Waals surface area contributed by atoms with E-state index in [9.17, 15) is 17.6 Å². The first-order valence-corrected chi connectivity index (χ1v) is 7.40. The Balaban J connectivity index is 2.43. The second kappa shape index (κ2) is 6.31. The van der Waals surface area contributed by atoms with E-state index in [0.29, 0.717) is 12.3 Å². The Morgan fingerprint density at radius 1 is 1.09 bits per heavy atom. The molecule has 0 aliphatic carbocycles. The number of aromatic nitrogens is 1. The van der Waals surface area contributed by atoms with Gasteiger partial charge in [-0.25, -0.2) is 9.37 Å². The molecule has 0 aliphatic heterocycles.